The van der Waals surface area contributed by atoms with Crippen LogP contribution in [0, 0.1) is 0 Å². The highest BCUT2D eigenvalue weighted by atomic mass is 35.5. The van der Waals surface area contributed by atoms with Crippen molar-refractivity contribution < 1.29 is 4.79 Å². The number of halogens is 2. The lowest BCUT2D eigenvalue weighted by Gasteiger charge is -2.09. The molecule has 0 unspecified atom stereocenters. The predicted molar refractivity (Wildman–Crippen MR) is 119 cm³/mol. The summed E-state index contributed by atoms with van der Waals surface area (Å²) in [6, 6.07) is 13.1. The van der Waals surface area contributed by atoms with E-state index in [9.17, 15) is 4.79 Å². The topological polar surface area (TPSA) is 60.9 Å². The summed E-state index contributed by atoms with van der Waals surface area (Å²) in [5.41, 5.74) is 11.7. The average molecular weight is 430 g/mol. The van der Waals surface area contributed by atoms with Crippen LogP contribution in [0.2, 0.25) is 10.0 Å². The van der Waals surface area contributed by atoms with Crippen LogP contribution in [0.15, 0.2) is 42.5 Å². The van der Waals surface area contributed by atoms with Crippen molar-refractivity contribution in [1.29, 1.82) is 0 Å². The van der Waals surface area contributed by atoms with Crippen LogP contribution < -0.4 is 5.73 Å². The first-order chi connectivity index (χ1) is 13.9. The van der Waals surface area contributed by atoms with Crippen molar-refractivity contribution >= 4 is 29.1 Å². The van der Waals surface area contributed by atoms with E-state index in [1.54, 1.807) is 12.1 Å². The normalized spacial score (nSPS) is 11.0. The van der Waals surface area contributed by atoms with Crippen LogP contribution >= 0.6 is 23.2 Å². The smallest absolute Gasteiger partial charge is 0.248 e. The molecule has 0 fully saturated rings. The van der Waals surface area contributed by atoms with Gasteiger partial charge in [0, 0.05) is 39.8 Å². The van der Waals surface area contributed by atoms with Crippen molar-refractivity contribution in [2.24, 2.45) is 5.73 Å². The monoisotopic (exact) mass is 429 g/mol. The van der Waals surface area contributed by atoms with Gasteiger partial charge in [0.25, 0.3) is 0 Å². The number of carbonyl (C=O) groups excluding carboxylic acids is 1. The molecule has 0 aliphatic carbocycles. The third-order valence-electron chi connectivity index (χ3n) is 5.05. The third-order valence-corrected chi connectivity index (χ3v) is 5.48. The summed E-state index contributed by atoms with van der Waals surface area (Å²) in [6.07, 6.45) is 3.28. The van der Waals surface area contributed by atoms with Crippen molar-refractivity contribution in [1.82, 2.24) is 9.78 Å². The molecule has 0 saturated carbocycles. The molecule has 29 heavy (non-hydrogen) atoms. The highest BCUT2D eigenvalue weighted by Gasteiger charge is 2.16. The Hall–Kier alpha value is -2.30. The number of benzene rings is 2. The van der Waals surface area contributed by atoms with E-state index in [-0.39, 0.29) is 0 Å². The summed E-state index contributed by atoms with van der Waals surface area (Å²) in [5, 5.41) is 6.16. The Morgan fingerprint density at radius 1 is 1.03 bits per heavy atom. The second kappa shape index (κ2) is 9.47. The molecule has 152 valence electrons. The minimum absolute atomic E-state index is 0.407. The maximum absolute atomic E-state index is 11.4. The van der Waals surface area contributed by atoms with Gasteiger partial charge in [0.15, 0.2) is 0 Å². The van der Waals surface area contributed by atoms with Crippen molar-refractivity contribution in [3.8, 4) is 0 Å². The summed E-state index contributed by atoms with van der Waals surface area (Å²) < 4.78 is 2.09. The minimum Gasteiger partial charge on any atom is -0.366 e. The number of carbonyl (C=O) groups is 1. The van der Waals surface area contributed by atoms with Crippen LogP contribution in [0.5, 0.6) is 0 Å². The third kappa shape index (κ3) is 5.20. The number of hydrogen-bond donors (Lipinski definition) is 1. The first-order valence-corrected chi connectivity index (χ1v) is 10.6. The molecule has 1 heterocycles. The number of primary amides is 1. The fourth-order valence-electron chi connectivity index (χ4n) is 3.69. The predicted octanol–water partition coefficient (Wildman–Crippen LogP) is 5.25. The molecular weight excluding hydrogens is 405 g/mol. The van der Waals surface area contributed by atoms with Gasteiger partial charge in [0.05, 0.1) is 5.69 Å². The quantitative estimate of drug-likeness (QED) is 0.531. The van der Waals surface area contributed by atoms with E-state index in [1.165, 1.54) is 11.3 Å². The highest BCUT2D eigenvalue weighted by Crippen LogP contribution is 2.25. The Labute approximate surface area is 181 Å². The zero-order valence-electron chi connectivity index (χ0n) is 16.7. The van der Waals surface area contributed by atoms with Gasteiger partial charge < -0.3 is 5.73 Å². The van der Waals surface area contributed by atoms with E-state index in [4.69, 9.17) is 34.0 Å². The second-order valence-electron chi connectivity index (χ2n) is 7.07. The summed E-state index contributed by atoms with van der Waals surface area (Å²) in [4.78, 5) is 11.4. The van der Waals surface area contributed by atoms with Crippen molar-refractivity contribution in [2.75, 3.05) is 0 Å². The van der Waals surface area contributed by atoms with Crippen molar-refractivity contribution in [2.45, 2.75) is 46.1 Å². The zero-order chi connectivity index (χ0) is 21.0. The van der Waals surface area contributed by atoms with Crippen LogP contribution in [0.25, 0.3) is 0 Å². The Morgan fingerprint density at radius 2 is 1.76 bits per heavy atom. The molecule has 3 rings (SSSR count). The number of nitrogens with two attached hydrogens (primary N) is 1. The van der Waals surface area contributed by atoms with Gasteiger partial charge in [0.1, 0.15) is 0 Å². The second-order valence-corrected chi connectivity index (χ2v) is 7.94. The van der Waals surface area contributed by atoms with E-state index in [1.807, 2.05) is 30.3 Å². The standard InChI is InChI=1S/C23H25Cl2N3O/c1-3-21-20(13-16-11-18(24)14-19(25)12-16)22(4-2)28(27-21)9-8-15-6-5-7-17(10-15)23(26)29/h5-7,10-12,14H,3-4,8-9,13H2,1-2H3,(H2,26,29). The van der Waals surface area contributed by atoms with Crippen LogP contribution in [-0.4, -0.2) is 15.7 Å². The number of aromatic nitrogens is 2. The Bertz CT molecular complexity index is 1010. The van der Waals surface area contributed by atoms with Crippen LogP contribution in [0.4, 0.5) is 0 Å². The van der Waals surface area contributed by atoms with Gasteiger partial charge in [-0.15, -0.1) is 0 Å². The molecule has 2 N–H and O–H groups in total. The molecule has 2 aromatic carbocycles. The number of amides is 1. The molecule has 0 bridgehead atoms. The lowest BCUT2D eigenvalue weighted by atomic mass is 10.0. The Balaban J connectivity index is 1.86. The molecule has 6 heteroatoms. The van der Waals surface area contributed by atoms with Gasteiger partial charge in [0.2, 0.25) is 5.91 Å². The fourth-order valence-corrected chi connectivity index (χ4v) is 4.26. The molecule has 0 aliphatic rings. The number of nitrogens with zero attached hydrogens (tertiary/aromatic N) is 2. The van der Waals surface area contributed by atoms with Gasteiger partial charge in [-0.2, -0.15) is 5.10 Å². The van der Waals surface area contributed by atoms with Gasteiger partial charge in [-0.3, -0.25) is 9.48 Å². The zero-order valence-corrected chi connectivity index (χ0v) is 18.2. The van der Waals surface area contributed by atoms with Crippen LogP contribution in [-0.2, 0) is 32.2 Å². The molecule has 4 nitrogen and oxygen atoms in total. The first kappa shape index (κ1) is 21.4. The van der Waals surface area contributed by atoms with Crippen LogP contribution in [0.1, 0.15) is 52.3 Å². The Morgan fingerprint density at radius 3 is 2.38 bits per heavy atom. The van der Waals surface area contributed by atoms with Crippen LogP contribution in [0.3, 0.4) is 0 Å². The van der Waals surface area contributed by atoms with Gasteiger partial charge in [-0.1, -0.05) is 49.2 Å². The van der Waals surface area contributed by atoms with Gasteiger partial charge in [-0.25, -0.2) is 0 Å². The minimum atomic E-state index is -0.407. The highest BCUT2D eigenvalue weighted by molar-refractivity contribution is 6.34. The molecular formula is C23H25Cl2N3O. The lowest BCUT2D eigenvalue weighted by molar-refractivity contribution is 0.1000. The molecule has 0 saturated heterocycles. The summed E-state index contributed by atoms with van der Waals surface area (Å²) in [7, 11) is 0. The molecule has 1 amide bonds. The van der Waals surface area contributed by atoms with E-state index >= 15 is 0 Å². The maximum Gasteiger partial charge on any atom is 0.248 e. The molecule has 0 spiro atoms. The van der Waals surface area contributed by atoms with Crippen molar-refractivity contribution in [3.63, 3.8) is 0 Å². The molecule has 0 atom stereocenters. The van der Waals surface area contributed by atoms with E-state index in [0.29, 0.717) is 15.6 Å². The SMILES string of the molecule is CCc1nn(CCc2cccc(C(N)=O)c2)c(CC)c1Cc1cc(Cl)cc(Cl)c1. The molecule has 1 aromatic heterocycles. The molecule has 3 aromatic rings. The van der Waals surface area contributed by atoms with E-state index in [0.717, 1.165) is 49.0 Å². The van der Waals surface area contributed by atoms with Gasteiger partial charge in [-0.05, 0) is 60.7 Å². The number of rotatable bonds is 8. The van der Waals surface area contributed by atoms with E-state index in [2.05, 4.69) is 18.5 Å². The maximum atomic E-state index is 11.4. The lowest BCUT2D eigenvalue weighted by Crippen LogP contribution is -2.12. The number of hydrogen-bond acceptors (Lipinski definition) is 2. The van der Waals surface area contributed by atoms with E-state index < -0.39 is 5.91 Å². The fraction of sp³-hybridized carbons (Fsp3) is 0.304. The summed E-state index contributed by atoms with van der Waals surface area (Å²) >= 11 is 12.4. The summed E-state index contributed by atoms with van der Waals surface area (Å²) in [6.45, 7) is 5.01. The average Bonchev–Trinajstić information content (AvgIpc) is 3.02. The molecule has 0 aliphatic heterocycles. The van der Waals surface area contributed by atoms with Crippen molar-refractivity contribution in [3.05, 3.63) is 86.2 Å². The first-order valence-electron chi connectivity index (χ1n) is 9.82. The summed E-state index contributed by atoms with van der Waals surface area (Å²) in [5.74, 6) is -0.407. The number of aryl methyl sites for hydroxylation is 3. The largest absolute Gasteiger partial charge is 0.366 e. The Kier molecular flexibility index (Phi) is 6.99. The van der Waals surface area contributed by atoms with Gasteiger partial charge >= 0.3 is 0 Å². The molecule has 0 radical (unpaired) electrons.